The number of anilines is 1. The predicted molar refractivity (Wildman–Crippen MR) is 120 cm³/mol. The van der Waals surface area contributed by atoms with Crippen LogP contribution in [-0.4, -0.2) is 35.9 Å². The molecule has 1 aromatic heterocycles. The third kappa shape index (κ3) is 3.55. The van der Waals surface area contributed by atoms with Crippen molar-refractivity contribution in [3.8, 4) is 10.6 Å². The molecular formula is C24H26N3O2S+. The maximum Gasteiger partial charge on any atom is 0.292 e. The molecule has 6 heteroatoms. The molecule has 0 aliphatic carbocycles. The van der Waals surface area contributed by atoms with Gasteiger partial charge in [0, 0.05) is 5.56 Å². The lowest BCUT2D eigenvalue weighted by Crippen LogP contribution is -3.16. The SMILES string of the molecule is Cc1ccc2nc(-c3ccc(N4C(=O)C[C@@H]([NH+]5CCCCCC5)C4=O)cc3)sc2c1. The van der Waals surface area contributed by atoms with Gasteiger partial charge in [-0.3, -0.25) is 9.59 Å². The smallest absolute Gasteiger partial charge is 0.292 e. The van der Waals surface area contributed by atoms with Crippen molar-refractivity contribution in [1.82, 2.24) is 4.98 Å². The summed E-state index contributed by atoms with van der Waals surface area (Å²) in [5, 5.41) is 0.952. The zero-order valence-electron chi connectivity index (χ0n) is 17.2. The molecule has 2 aliphatic rings. The largest absolute Gasteiger partial charge is 0.324 e. The molecule has 2 amide bonds. The van der Waals surface area contributed by atoms with Crippen LogP contribution in [0, 0.1) is 6.92 Å². The van der Waals surface area contributed by atoms with Gasteiger partial charge in [-0.25, -0.2) is 9.88 Å². The fourth-order valence-corrected chi connectivity index (χ4v) is 5.73. The van der Waals surface area contributed by atoms with Crippen molar-refractivity contribution < 1.29 is 14.5 Å². The summed E-state index contributed by atoms with van der Waals surface area (Å²) in [6.07, 6.45) is 5.07. The molecule has 0 radical (unpaired) electrons. The Morgan fingerprint density at radius 3 is 2.47 bits per heavy atom. The van der Waals surface area contributed by atoms with Crippen molar-refractivity contribution in [3.63, 3.8) is 0 Å². The molecule has 0 bridgehead atoms. The van der Waals surface area contributed by atoms with Crippen molar-refractivity contribution in [2.24, 2.45) is 0 Å². The van der Waals surface area contributed by atoms with Gasteiger partial charge in [0.1, 0.15) is 5.01 Å². The van der Waals surface area contributed by atoms with Gasteiger partial charge in [-0.2, -0.15) is 0 Å². The Labute approximate surface area is 180 Å². The Hall–Kier alpha value is -2.57. The third-order valence-corrected chi connectivity index (χ3v) is 7.37. The van der Waals surface area contributed by atoms with E-state index >= 15 is 0 Å². The van der Waals surface area contributed by atoms with Gasteiger partial charge >= 0.3 is 0 Å². The third-order valence-electron chi connectivity index (χ3n) is 6.30. The number of aromatic nitrogens is 1. The number of rotatable bonds is 3. The molecule has 2 aliphatic heterocycles. The number of likely N-dealkylation sites (tertiary alicyclic amines) is 1. The molecule has 1 N–H and O–H groups in total. The van der Waals surface area contributed by atoms with Crippen LogP contribution < -0.4 is 9.80 Å². The fourth-order valence-electron chi connectivity index (χ4n) is 4.66. The van der Waals surface area contributed by atoms with Crippen molar-refractivity contribution in [3.05, 3.63) is 48.0 Å². The van der Waals surface area contributed by atoms with E-state index in [2.05, 4.69) is 19.1 Å². The van der Waals surface area contributed by atoms with Crippen LogP contribution in [0.5, 0.6) is 0 Å². The maximum absolute atomic E-state index is 13.1. The normalized spacial score (nSPS) is 20.8. The lowest BCUT2D eigenvalue weighted by atomic mass is 10.2. The summed E-state index contributed by atoms with van der Waals surface area (Å²) in [5.41, 5.74) is 3.90. The van der Waals surface area contributed by atoms with Gasteiger partial charge in [-0.15, -0.1) is 11.3 Å². The number of carbonyl (C=O) groups excluding carboxylic acids is 2. The number of quaternary nitrogens is 1. The second kappa shape index (κ2) is 7.93. The van der Waals surface area contributed by atoms with Crippen LogP contribution in [0.3, 0.4) is 0 Å². The zero-order valence-corrected chi connectivity index (χ0v) is 18.0. The predicted octanol–water partition coefficient (Wildman–Crippen LogP) is 3.36. The van der Waals surface area contributed by atoms with E-state index in [0.717, 1.165) is 42.0 Å². The van der Waals surface area contributed by atoms with Gasteiger partial charge in [0.05, 0.1) is 35.4 Å². The summed E-state index contributed by atoms with van der Waals surface area (Å²) < 4.78 is 1.17. The van der Waals surface area contributed by atoms with E-state index in [4.69, 9.17) is 4.98 Å². The van der Waals surface area contributed by atoms with Gasteiger partial charge in [0.15, 0.2) is 6.04 Å². The highest BCUT2D eigenvalue weighted by atomic mass is 32.1. The number of thiazole rings is 1. The monoisotopic (exact) mass is 420 g/mol. The van der Waals surface area contributed by atoms with Crippen LogP contribution in [0.2, 0.25) is 0 Å². The topological polar surface area (TPSA) is 54.7 Å². The summed E-state index contributed by atoms with van der Waals surface area (Å²) in [5.74, 6) is -0.120. The van der Waals surface area contributed by atoms with Crippen LogP contribution in [0.25, 0.3) is 20.8 Å². The minimum atomic E-state index is -0.220. The van der Waals surface area contributed by atoms with E-state index in [9.17, 15) is 9.59 Å². The first-order chi connectivity index (χ1) is 14.6. The van der Waals surface area contributed by atoms with E-state index in [1.807, 2.05) is 30.3 Å². The molecular weight excluding hydrogens is 394 g/mol. The van der Waals surface area contributed by atoms with Gasteiger partial charge in [0.2, 0.25) is 5.91 Å². The number of aryl methyl sites for hydroxylation is 1. The summed E-state index contributed by atoms with van der Waals surface area (Å²) in [6.45, 7) is 4.07. The number of nitrogens with zero attached hydrogens (tertiary/aromatic N) is 2. The number of fused-ring (bicyclic) bond motifs is 1. The number of carbonyl (C=O) groups is 2. The van der Waals surface area contributed by atoms with E-state index in [-0.39, 0.29) is 17.9 Å². The molecule has 5 rings (SSSR count). The van der Waals surface area contributed by atoms with Crippen molar-refractivity contribution >= 4 is 39.1 Å². The van der Waals surface area contributed by atoms with Gasteiger partial charge in [-0.05, 0) is 74.6 Å². The summed E-state index contributed by atoms with van der Waals surface area (Å²) in [4.78, 5) is 33.2. The molecule has 0 unspecified atom stereocenters. The van der Waals surface area contributed by atoms with E-state index in [1.54, 1.807) is 11.3 Å². The molecule has 1 atom stereocenters. The first-order valence-corrected chi connectivity index (χ1v) is 11.6. The van der Waals surface area contributed by atoms with Gasteiger partial charge in [0.25, 0.3) is 5.91 Å². The van der Waals surface area contributed by atoms with E-state index in [1.165, 1.54) is 32.9 Å². The maximum atomic E-state index is 13.1. The number of benzene rings is 2. The first kappa shape index (κ1) is 19.4. The minimum absolute atomic E-state index is 0.0416. The van der Waals surface area contributed by atoms with Crippen LogP contribution in [0.15, 0.2) is 42.5 Å². The Morgan fingerprint density at radius 2 is 1.73 bits per heavy atom. The number of amides is 2. The van der Waals surface area contributed by atoms with Crippen molar-refractivity contribution in [2.45, 2.75) is 45.1 Å². The van der Waals surface area contributed by atoms with Crippen LogP contribution >= 0.6 is 11.3 Å². The summed E-state index contributed by atoms with van der Waals surface area (Å²) in [6, 6.07) is 13.7. The number of nitrogens with one attached hydrogen (secondary N) is 1. The molecule has 3 aromatic rings. The van der Waals surface area contributed by atoms with Crippen LogP contribution in [0.1, 0.15) is 37.7 Å². The van der Waals surface area contributed by atoms with E-state index < -0.39 is 0 Å². The quantitative estimate of drug-likeness (QED) is 0.661. The number of hydrogen-bond acceptors (Lipinski definition) is 4. The molecule has 2 aromatic carbocycles. The standard InChI is InChI=1S/C24H25N3O2S/c1-16-6-11-19-21(14-16)30-23(25-19)17-7-9-18(10-8-17)27-22(28)15-20(24(27)29)26-12-4-2-3-5-13-26/h6-11,14,20H,2-5,12-13,15H2,1H3/p+1/t20-/m1/s1. The molecule has 0 saturated carbocycles. The Bertz CT molecular complexity index is 1100. The molecule has 2 fully saturated rings. The Morgan fingerprint density at radius 1 is 1.00 bits per heavy atom. The van der Waals surface area contributed by atoms with Gasteiger partial charge < -0.3 is 4.90 Å². The molecule has 2 saturated heterocycles. The second-order valence-corrected chi connectivity index (χ2v) is 9.46. The molecule has 5 nitrogen and oxygen atoms in total. The lowest BCUT2D eigenvalue weighted by Gasteiger charge is -2.22. The van der Waals surface area contributed by atoms with E-state index in [0.29, 0.717) is 12.1 Å². The molecule has 0 spiro atoms. The fraction of sp³-hybridized carbons (Fsp3) is 0.375. The minimum Gasteiger partial charge on any atom is -0.324 e. The average molecular weight is 421 g/mol. The van der Waals surface area contributed by atoms with Crippen LogP contribution in [0.4, 0.5) is 5.69 Å². The Kier molecular flexibility index (Phi) is 5.13. The molecule has 30 heavy (non-hydrogen) atoms. The first-order valence-electron chi connectivity index (χ1n) is 10.8. The molecule has 3 heterocycles. The highest BCUT2D eigenvalue weighted by Gasteiger charge is 2.45. The summed E-state index contributed by atoms with van der Waals surface area (Å²) >= 11 is 1.66. The summed E-state index contributed by atoms with van der Waals surface area (Å²) in [7, 11) is 0. The zero-order chi connectivity index (χ0) is 20.7. The second-order valence-electron chi connectivity index (χ2n) is 8.43. The number of imide groups is 1. The number of hydrogen-bond donors (Lipinski definition) is 1. The van der Waals surface area contributed by atoms with Crippen LogP contribution in [-0.2, 0) is 9.59 Å². The highest BCUT2D eigenvalue weighted by Crippen LogP contribution is 2.32. The van der Waals surface area contributed by atoms with Crippen molar-refractivity contribution in [2.75, 3.05) is 18.0 Å². The van der Waals surface area contributed by atoms with Crippen molar-refractivity contribution in [1.29, 1.82) is 0 Å². The van der Waals surface area contributed by atoms with Gasteiger partial charge in [-0.1, -0.05) is 6.07 Å². The highest BCUT2D eigenvalue weighted by molar-refractivity contribution is 7.21. The Balaban J connectivity index is 1.38. The molecule has 154 valence electrons. The lowest BCUT2D eigenvalue weighted by molar-refractivity contribution is -0.914. The average Bonchev–Trinajstić information content (AvgIpc) is 3.16.